The molecule has 2 rings (SSSR count). The highest BCUT2D eigenvalue weighted by atomic mass is 16.5. The number of hydrogen-bond acceptors (Lipinski definition) is 2. The van der Waals surface area contributed by atoms with Crippen molar-refractivity contribution in [3.05, 3.63) is 41.5 Å². The topological polar surface area (TPSA) is 12.5 Å². The minimum atomic E-state index is 0.787. The van der Waals surface area contributed by atoms with Gasteiger partial charge in [0, 0.05) is 12.1 Å². The second-order valence-electron chi connectivity index (χ2n) is 5.38. The Hall–Kier alpha value is -1.28. The first kappa shape index (κ1) is 15.1. The number of nitrogens with zero attached hydrogens (tertiary/aromatic N) is 1. The summed E-state index contributed by atoms with van der Waals surface area (Å²) in [6.07, 6.45) is 5.03. The van der Waals surface area contributed by atoms with Gasteiger partial charge in [0.2, 0.25) is 0 Å². The third kappa shape index (κ3) is 4.11. The molecule has 0 radical (unpaired) electrons. The van der Waals surface area contributed by atoms with Crippen LogP contribution in [0, 0.1) is 0 Å². The van der Waals surface area contributed by atoms with Crippen molar-refractivity contribution < 1.29 is 4.74 Å². The number of rotatable bonds is 7. The van der Waals surface area contributed by atoms with E-state index in [0.717, 1.165) is 32.0 Å². The Bertz CT molecular complexity index is 412. The SMILES string of the molecule is CCN(CC)CCOC(=C1CCCC1)c1ccccc1. The fourth-order valence-corrected chi connectivity index (χ4v) is 2.82. The average Bonchev–Trinajstić information content (AvgIpc) is 3.02. The average molecular weight is 273 g/mol. The van der Waals surface area contributed by atoms with Crippen molar-refractivity contribution in [2.75, 3.05) is 26.2 Å². The highest BCUT2D eigenvalue weighted by Crippen LogP contribution is 2.32. The molecule has 1 aliphatic carbocycles. The molecular weight excluding hydrogens is 246 g/mol. The van der Waals surface area contributed by atoms with E-state index >= 15 is 0 Å². The van der Waals surface area contributed by atoms with Crippen molar-refractivity contribution in [3.63, 3.8) is 0 Å². The number of likely N-dealkylation sites (N-methyl/N-ethyl adjacent to an activating group) is 1. The van der Waals surface area contributed by atoms with Gasteiger partial charge in [0.1, 0.15) is 12.4 Å². The number of ether oxygens (including phenoxy) is 1. The standard InChI is InChI=1S/C18H27NO/c1-3-19(4-2)14-15-20-18(17-12-8-9-13-17)16-10-6-5-7-11-16/h5-7,10-11H,3-4,8-9,12-15H2,1-2H3. The Morgan fingerprint density at radius 3 is 2.30 bits per heavy atom. The Balaban J connectivity index is 2.03. The fraction of sp³-hybridized carbons (Fsp3) is 0.556. The number of hydrogen-bond donors (Lipinski definition) is 0. The van der Waals surface area contributed by atoms with Gasteiger partial charge in [-0.1, -0.05) is 44.2 Å². The van der Waals surface area contributed by atoms with Crippen molar-refractivity contribution >= 4 is 5.76 Å². The van der Waals surface area contributed by atoms with Gasteiger partial charge >= 0.3 is 0 Å². The maximum Gasteiger partial charge on any atom is 0.125 e. The van der Waals surface area contributed by atoms with Gasteiger partial charge < -0.3 is 9.64 Å². The van der Waals surface area contributed by atoms with Crippen LogP contribution in [0.4, 0.5) is 0 Å². The molecule has 0 unspecified atom stereocenters. The van der Waals surface area contributed by atoms with Crippen LogP contribution in [0.5, 0.6) is 0 Å². The third-order valence-corrected chi connectivity index (χ3v) is 4.11. The zero-order valence-electron chi connectivity index (χ0n) is 12.9. The second kappa shape index (κ2) is 8.11. The van der Waals surface area contributed by atoms with Gasteiger partial charge in [-0.15, -0.1) is 0 Å². The van der Waals surface area contributed by atoms with Gasteiger partial charge in [-0.25, -0.2) is 0 Å². The van der Waals surface area contributed by atoms with Crippen molar-refractivity contribution in [3.8, 4) is 0 Å². The van der Waals surface area contributed by atoms with Crippen LogP contribution in [0.1, 0.15) is 45.1 Å². The Morgan fingerprint density at radius 1 is 1.05 bits per heavy atom. The lowest BCUT2D eigenvalue weighted by atomic mass is 10.1. The fourth-order valence-electron chi connectivity index (χ4n) is 2.82. The Kier molecular flexibility index (Phi) is 6.13. The van der Waals surface area contributed by atoms with Gasteiger partial charge in [0.25, 0.3) is 0 Å². The molecule has 0 aromatic heterocycles. The summed E-state index contributed by atoms with van der Waals surface area (Å²) in [5.74, 6) is 1.15. The summed E-state index contributed by atoms with van der Waals surface area (Å²) in [5.41, 5.74) is 2.75. The lowest BCUT2D eigenvalue weighted by Gasteiger charge is -2.20. The van der Waals surface area contributed by atoms with Gasteiger partial charge in [-0.3, -0.25) is 0 Å². The van der Waals surface area contributed by atoms with E-state index in [4.69, 9.17) is 4.74 Å². The van der Waals surface area contributed by atoms with E-state index in [9.17, 15) is 0 Å². The summed E-state index contributed by atoms with van der Waals surface area (Å²) >= 11 is 0. The van der Waals surface area contributed by atoms with E-state index in [1.165, 1.54) is 36.8 Å². The summed E-state index contributed by atoms with van der Waals surface area (Å²) in [7, 11) is 0. The summed E-state index contributed by atoms with van der Waals surface area (Å²) in [5, 5.41) is 0. The van der Waals surface area contributed by atoms with Crippen LogP contribution in [-0.4, -0.2) is 31.1 Å². The van der Waals surface area contributed by atoms with Crippen molar-refractivity contribution in [2.24, 2.45) is 0 Å². The highest BCUT2D eigenvalue weighted by molar-refractivity contribution is 5.63. The molecular formula is C18H27NO. The molecule has 20 heavy (non-hydrogen) atoms. The summed E-state index contributed by atoms with van der Waals surface area (Å²) < 4.78 is 6.18. The lowest BCUT2D eigenvalue weighted by Crippen LogP contribution is -2.26. The molecule has 1 aliphatic rings. The van der Waals surface area contributed by atoms with Crippen molar-refractivity contribution in [1.82, 2.24) is 4.90 Å². The Morgan fingerprint density at radius 2 is 1.70 bits per heavy atom. The molecule has 110 valence electrons. The molecule has 0 heterocycles. The van der Waals surface area contributed by atoms with Crippen molar-refractivity contribution in [1.29, 1.82) is 0 Å². The van der Waals surface area contributed by atoms with Crippen LogP contribution in [0.3, 0.4) is 0 Å². The maximum absolute atomic E-state index is 6.18. The van der Waals surface area contributed by atoms with Crippen LogP contribution in [0.15, 0.2) is 35.9 Å². The normalized spacial score (nSPS) is 14.8. The van der Waals surface area contributed by atoms with Gasteiger partial charge in [-0.05, 0) is 44.3 Å². The molecule has 0 saturated heterocycles. The smallest absolute Gasteiger partial charge is 0.125 e. The first-order valence-electron chi connectivity index (χ1n) is 7.97. The Labute approximate surface area is 123 Å². The maximum atomic E-state index is 6.18. The highest BCUT2D eigenvalue weighted by Gasteiger charge is 2.15. The molecule has 0 spiro atoms. The summed E-state index contributed by atoms with van der Waals surface area (Å²) in [6.45, 7) is 8.40. The second-order valence-corrected chi connectivity index (χ2v) is 5.38. The van der Waals surface area contributed by atoms with Crippen LogP contribution in [0.2, 0.25) is 0 Å². The number of allylic oxidation sites excluding steroid dienone is 1. The van der Waals surface area contributed by atoms with E-state index in [1.54, 1.807) is 0 Å². The molecule has 0 amide bonds. The van der Waals surface area contributed by atoms with E-state index in [2.05, 4.69) is 49.1 Å². The van der Waals surface area contributed by atoms with E-state index in [-0.39, 0.29) is 0 Å². The van der Waals surface area contributed by atoms with E-state index in [1.807, 2.05) is 0 Å². The first-order valence-corrected chi connectivity index (χ1v) is 7.97. The predicted octanol–water partition coefficient (Wildman–Crippen LogP) is 4.33. The van der Waals surface area contributed by atoms with Gasteiger partial charge in [0.05, 0.1) is 0 Å². The largest absolute Gasteiger partial charge is 0.492 e. The van der Waals surface area contributed by atoms with Crippen LogP contribution < -0.4 is 0 Å². The summed E-state index contributed by atoms with van der Waals surface area (Å²) in [4.78, 5) is 2.40. The quantitative estimate of drug-likeness (QED) is 0.686. The van der Waals surface area contributed by atoms with Gasteiger partial charge in [-0.2, -0.15) is 0 Å². The molecule has 2 heteroatoms. The lowest BCUT2D eigenvalue weighted by molar-refractivity contribution is 0.200. The molecule has 1 fully saturated rings. The van der Waals surface area contributed by atoms with E-state index < -0.39 is 0 Å². The number of benzene rings is 1. The predicted molar refractivity (Wildman–Crippen MR) is 85.6 cm³/mol. The molecule has 0 atom stereocenters. The monoisotopic (exact) mass is 273 g/mol. The minimum absolute atomic E-state index is 0.787. The van der Waals surface area contributed by atoms with Gasteiger partial charge in [0.15, 0.2) is 0 Å². The molecule has 2 nitrogen and oxygen atoms in total. The molecule has 1 saturated carbocycles. The van der Waals surface area contributed by atoms with Crippen LogP contribution in [0.25, 0.3) is 5.76 Å². The molecule has 0 N–H and O–H groups in total. The molecule has 0 bridgehead atoms. The van der Waals surface area contributed by atoms with Crippen molar-refractivity contribution in [2.45, 2.75) is 39.5 Å². The zero-order valence-corrected chi connectivity index (χ0v) is 12.9. The molecule has 1 aromatic carbocycles. The zero-order chi connectivity index (χ0) is 14.2. The van der Waals surface area contributed by atoms with Crippen LogP contribution in [-0.2, 0) is 4.74 Å². The van der Waals surface area contributed by atoms with Crippen LogP contribution >= 0.6 is 0 Å². The third-order valence-electron chi connectivity index (χ3n) is 4.11. The first-order chi connectivity index (χ1) is 9.85. The molecule has 0 aliphatic heterocycles. The minimum Gasteiger partial charge on any atom is -0.492 e. The molecule has 1 aromatic rings. The van der Waals surface area contributed by atoms with E-state index in [0.29, 0.717) is 0 Å². The summed E-state index contributed by atoms with van der Waals surface area (Å²) in [6, 6.07) is 10.6.